The van der Waals surface area contributed by atoms with Crippen LogP contribution in [0.1, 0.15) is 39.3 Å². The molecule has 3 nitrogen and oxygen atoms in total. The third-order valence-corrected chi connectivity index (χ3v) is 2.85. The molecule has 0 amide bonds. The van der Waals surface area contributed by atoms with E-state index in [4.69, 9.17) is 9.47 Å². The Balaban J connectivity index is 2.81. The summed E-state index contributed by atoms with van der Waals surface area (Å²) in [6, 6.07) is 6.19. The summed E-state index contributed by atoms with van der Waals surface area (Å²) in [5, 5.41) is 3.53. The first-order valence-electron chi connectivity index (χ1n) is 6.32. The Morgan fingerprint density at radius 2 is 1.83 bits per heavy atom. The molecule has 0 aromatic heterocycles. The van der Waals surface area contributed by atoms with Crippen LogP contribution in [0.15, 0.2) is 18.2 Å². The molecule has 0 fully saturated rings. The summed E-state index contributed by atoms with van der Waals surface area (Å²) in [5.74, 6) is 1.68. The van der Waals surface area contributed by atoms with Crippen molar-refractivity contribution in [2.75, 3.05) is 20.8 Å². The molecule has 1 aromatic carbocycles. The Kier molecular flexibility index (Phi) is 5.03. The van der Waals surface area contributed by atoms with Gasteiger partial charge in [-0.05, 0) is 18.4 Å². The highest BCUT2D eigenvalue weighted by Crippen LogP contribution is 2.29. The predicted molar refractivity (Wildman–Crippen MR) is 75.4 cm³/mol. The second-order valence-corrected chi connectivity index (χ2v) is 5.77. The minimum atomic E-state index is 0.255. The Hall–Kier alpha value is -1.22. The molecular weight excluding hydrogens is 226 g/mol. The molecule has 0 radical (unpaired) electrons. The molecule has 1 aromatic rings. The fourth-order valence-corrected chi connectivity index (χ4v) is 1.75. The van der Waals surface area contributed by atoms with Gasteiger partial charge in [-0.2, -0.15) is 0 Å². The monoisotopic (exact) mass is 251 g/mol. The Labute approximate surface area is 110 Å². The van der Waals surface area contributed by atoms with Crippen LogP contribution >= 0.6 is 0 Å². The van der Waals surface area contributed by atoms with E-state index in [-0.39, 0.29) is 11.5 Å². The van der Waals surface area contributed by atoms with Crippen molar-refractivity contribution in [2.24, 2.45) is 5.41 Å². The molecule has 1 N–H and O–H groups in total. The smallest absolute Gasteiger partial charge is 0.127 e. The van der Waals surface area contributed by atoms with Gasteiger partial charge in [0.1, 0.15) is 11.5 Å². The zero-order valence-electron chi connectivity index (χ0n) is 12.3. The van der Waals surface area contributed by atoms with E-state index >= 15 is 0 Å². The molecule has 0 heterocycles. The lowest BCUT2D eigenvalue weighted by Crippen LogP contribution is -2.29. The van der Waals surface area contributed by atoms with Gasteiger partial charge in [0.2, 0.25) is 0 Å². The maximum atomic E-state index is 5.42. The van der Waals surface area contributed by atoms with E-state index in [0.29, 0.717) is 0 Å². The quantitative estimate of drug-likeness (QED) is 0.870. The van der Waals surface area contributed by atoms with E-state index < -0.39 is 0 Å². The highest BCUT2D eigenvalue weighted by molar-refractivity contribution is 5.42. The summed E-state index contributed by atoms with van der Waals surface area (Å²) in [6.45, 7) is 9.77. The van der Waals surface area contributed by atoms with E-state index in [2.05, 4.69) is 39.1 Å². The molecule has 0 bridgehead atoms. The molecular formula is C15H25NO2. The lowest BCUT2D eigenvalue weighted by Gasteiger charge is -2.24. The highest BCUT2D eigenvalue weighted by Gasteiger charge is 2.15. The molecule has 0 aliphatic heterocycles. The van der Waals surface area contributed by atoms with E-state index in [0.717, 1.165) is 23.6 Å². The molecule has 1 rings (SSSR count). The second kappa shape index (κ2) is 6.10. The Morgan fingerprint density at radius 3 is 2.33 bits per heavy atom. The average Bonchev–Trinajstić information content (AvgIpc) is 2.34. The van der Waals surface area contributed by atoms with Gasteiger partial charge >= 0.3 is 0 Å². The van der Waals surface area contributed by atoms with Crippen LogP contribution in [-0.4, -0.2) is 20.8 Å². The van der Waals surface area contributed by atoms with Crippen molar-refractivity contribution < 1.29 is 9.47 Å². The molecule has 0 spiro atoms. The second-order valence-electron chi connectivity index (χ2n) is 5.77. The molecule has 102 valence electrons. The minimum Gasteiger partial charge on any atom is -0.497 e. The summed E-state index contributed by atoms with van der Waals surface area (Å²) in [6.07, 6.45) is 0. The van der Waals surface area contributed by atoms with Crippen molar-refractivity contribution in [1.29, 1.82) is 0 Å². The van der Waals surface area contributed by atoms with Crippen LogP contribution in [0.3, 0.4) is 0 Å². The number of rotatable bonds is 5. The third-order valence-electron chi connectivity index (χ3n) is 2.85. The highest BCUT2D eigenvalue weighted by atomic mass is 16.5. The van der Waals surface area contributed by atoms with Crippen LogP contribution in [-0.2, 0) is 0 Å². The summed E-state index contributed by atoms with van der Waals surface area (Å²) >= 11 is 0. The van der Waals surface area contributed by atoms with E-state index in [1.807, 2.05) is 12.1 Å². The zero-order chi connectivity index (χ0) is 13.8. The van der Waals surface area contributed by atoms with Gasteiger partial charge in [-0.1, -0.05) is 26.8 Å². The lowest BCUT2D eigenvalue weighted by atomic mass is 9.96. The minimum absolute atomic E-state index is 0.255. The molecule has 1 unspecified atom stereocenters. The largest absolute Gasteiger partial charge is 0.497 e. The number of methoxy groups -OCH3 is 2. The van der Waals surface area contributed by atoms with Gasteiger partial charge in [0.25, 0.3) is 0 Å². The molecule has 0 saturated heterocycles. The Morgan fingerprint density at radius 1 is 1.17 bits per heavy atom. The van der Waals surface area contributed by atoms with Gasteiger partial charge in [0.15, 0.2) is 0 Å². The normalized spacial score (nSPS) is 13.2. The average molecular weight is 251 g/mol. The maximum absolute atomic E-state index is 5.42. The third kappa shape index (κ3) is 4.22. The predicted octanol–water partition coefficient (Wildman–Crippen LogP) is 3.40. The summed E-state index contributed by atoms with van der Waals surface area (Å²) in [4.78, 5) is 0. The topological polar surface area (TPSA) is 30.5 Å². The fraction of sp³-hybridized carbons (Fsp3) is 0.600. The molecule has 1 atom stereocenters. The fourth-order valence-electron chi connectivity index (χ4n) is 1.75. The number of nitrogens with one attached hydrogen (secondary N) is 1. The van der Waals surface area contributed by atoms with Crippen LogP contribution in [0.2, 0.25) is 0 Å². The van der Waals surface area contributed by atoms with Gasteiger partial charge in [-0.15, -0.1) is 0 Å². The molecule has 0 saturated carbocycles. The van der Waals surface area contributed by atoms with Crippen molar-refractivity contribution in [2.45, 2.75) is 33.7 Å². The van der Waals surface area contributed by atoms with Crippen molar-refractivity contribution in [3.63, 3.8) is 0 Å². The SMILES string of the molecule is COc1ccc(C(C)NCC(C)(C)C)c(OC)c1. The first-order chi connectivity index (χ1) is 8.37. The van der Waals surface area contributed by atoms with Crippen molar-refractivity contribution in [3.8, 4) is 11.5 Å². The van der Waals surface area contributed by atoms with Gasteiger partial charge in [0, 0.05) is 24.2 Å². The van der Waals surface area contributed by atoms with E-state index in [9.17, 15) is 0 Å². The van der Waals surface area contributed by atoms with E-state index in [1.165, 1.54) is 0 Å². The van der Waals surface area contributed by atoms with Crippen LogP contribution in [0, 0.1) is 5.41 Å². The van der Waals surface area contributed by atoms with Crippen LogP contribution in [0.4, 0.5) is 0 Å². The van der Waals surface area contributed by atoms with Crippen molar-refractivity contribution in [1.82, 2.24) is 5.32 Å². The zero-order valence-corrected chi connectivity index (χ0v) is 12.3. The summed E-state index contributed by atoms with van der Waals surface area (Å²) in [5.41, 5.74) is 1.43. The standard InChI is InChI=1S/C15H25NO2/c1-11(16-10-15(2,3)4)13-8-7-12(17-5)9-14(13)18-6/h7-9,11,16H,10H2,1-6H3. The number of benzene rings is 1. The molecule has 3 heteroatoms. The number of hydrogen-bond acceptors (Lipinski definition) is 3. The van der Waals surface area contributed by atoms with Crippen LogP contribution in [0.25, 0.3) is 0 Å². The molecule has 0 aliphatic carbocycles. The van der Waals surface area contributed by atoms with Gasteiger partial charge in [-0.25, -0.2) is 0 Å². The van der Waals surface area contributed by atoms with Gasteiger partial charge in [0.05, 0.1) is 14.2 Å². The summed E-state index contributed by atoms with van der Waals surface area (Å²) < 4.78 is 10.6. The van der Waals surface area contributed by atoms with Crippen LogP contribution < -0.4 is 14.8 Å². The van der Waals surface area contributed by atoms with E-state index in [1.54, 1.807) is 14.2 Å². The summed E-state index contributed by atoms with van der Waals surface area (Å²) in [7, 11) is 3.35. The first-order valence-corrected chi connectivity index (χ1v) is 6.32. The molecule has 0 aliphatic rings. The first kappa shape index (κ1) is 14.8. The van der Waals surface area contributed by atoms with Crippen molar-refractivity contribution >= 4 is 0 Å². The van der Waals surface area contributed by atoms with Crippen LogP contribution in [0.5, 0.6) is 11.5 Å². The van der Waals surface area contributed by atoms with Crippen molar-refractivity contribution in [3.05, 3.63) is 23.8 Å². The Bertz CT molecular complexity index is 383. The maximum Gasteiger partial charge on any atom is 0.127 e. The molecule has 18 heavy (non-hydrogen) atoms. The van der Waals surface area contributed by atoms with Gasteiger partial charge < -0.3 is 14.8 Å². The number of ether oxygens (including phenoxy) is 2. The lowest BCUT2D eigenvalue weighted by molar-refractivity contribution is 0.350. The number of hydrogen-bond donors (Lipinski definition) is 1. The van der Waals surface area contributed by atoms with Gasteiger partial charge in [-0.3, -0.25) is 0 Å².